The largest absolute Gasteiger partial charge is 0.375 e. The van der Waals surface area contributed by atoms with Crippen molar-refractivity contribution in [2.24, 2.45) is 0 Å². The maximum absolute atomic E-state index is 12.4. The van der Waals surface area contributed by atoms with Gasteiger partial charge in [-0.25, -0.2) is 13.1 Å². The molecule has 2 aromatic rings. The van der Waals surface area contributed by atoms with E-state index in [1.54, 1.807) is 30.6 Å². The summed E-state index contributed by atoms with van der Waals surface area (Å²) in [5.41, 5.74) is 2.07. The molecule has 0 bridgehead atoms. The topological polar surface area (TPSA) is 55.4 Å². The van der Waals surface area contributed by atoms with Crippen molar-refractivity contribution in [2.75, 3.05) is 13.7 Å². The molecule has 1 aromatic carbocycles. The van der Waals surface area contributed by atoms with Gasteiger partial charge in [-0.1, -0.05) is 32.9 Å². The van der Waals surface area contributed by atoms with Crippen LogP contribution in [0.15, 0.2) is 46.0 Å². The molecule has 0 spiro atoms. The van der Waals surface area contributed by atoms with E-state index in [0.29, 0.717) is 0 Å². The summed E-state index contributed by atoms with van der Waals surface area (Å²) < 4.78 is 32.8. The van der Waals surface area contributed by atoms with Crippen molar-refractivity contribution in [3.05, 3.63) is 52.2 Å². The van der Waals surface area contributed by atoms with Gasteiger partial charge in [0.1, 0.15) is 0 Å². The Kier molecular flexibility index (Phi) is 5.62. The van der Waals surface area contributed by atoms with Crippen LogP contribution in [0.2, 0.25) is 0 Å². The number of benzene rings is 1. The van der Waals surface area contributed by atoms with Gasteiger partial charge in [-0.3, -0.25) is 0 Å². The molecule has 4 nitrogen and oxygen atoms in total. The van der Waals surface area contributed by atoms with Gasteiger partial charge in [0.25, 0.3) is 0 Å². The molecule has 0 amide bonds. The molecule has 6 heteroatoms. The maximum atomic E-state index is 12.4. The van der Waals surface area contributed by atoms with Crippen molar-refractivity contribution in [3.8, 4) is 0 Å². The zero-order valence-electron chi connectivity index (χ0n) is 13.9. The minimum absolute atomic E-state index is 0.00415. The molecule has 0 aliphatic carbocycles. The van der Waals surface area contributed by atoms with Gasteiger partial charge in [-0.15, -0.1) is 0 Å². The lowest BCUT2D eigenvalue weighted by Crippen LogP contribution is -2.29. The van der Waals surface area contributed by atoms with Gasteiger partial charge in [0, 0.05) is 13.7 Å². The summed E-state index contributed by atoms with van der Waals surface area (Å²) in [7, 11) is -1.97. The van der Waals surface area contributed by atoms with E-state index in [2.05, 4.69) is 25.5 Å². The van der Waals surface area contributed by atoms with Crippen LogP contribution in [-0.2, 0) is 20.2 Å². The summed E-state index contributed by atoms with van der Waals surface area (Å²) in [6, 6.07) is 8.96. The minimum atomic E-state index is -3.55. The van der Waals surface area contributed by atoms with E-state index in [1.807, 2.05) is 29.0 Å². The monoisotopic (exact) mass is 353 g/mol. The first kappa shape index (κ1) is 18.1. The summed E-state index contributed by atoms with van der Waals surface area (Å²) in [5.74, 6) is 0. The predicted molar refractivity (Wildman–Crippen MR) is 94.4 cm³/mol. The molecule has 0 aliphatic rings. The van der Waals surface area contributed by atoms with Crippen LogP contribution in [0.25, 0.3) is 0 Å². The summed E-state index contributed by atoms with van der Waals surface area (Å²) >= 11 is 1.56. The number of hydrogen-bond donors (Lipinski definition) is 1. The van der Waals surface area contributed by atoms with Crippen LogP contribution in [0.4, 0.5) is 0 Å². The first-order chi connectivity index (χ1) is 10.7. The van der Waals surface area contributed by atoms with Crippen LogP contribution in [0.5, 0.6) is 0 Å². The molecule has 0 saturated heterocycles. The number of hydrogen-bond acceptors (Lipinski definition) is 4. The highest BCUT2D eigenvalue weighted by molar-refractivity contribution is 7.89. The van der Waals surface area contributed by atoms with E-state index < -0.39 is 10.0 Å². The molecule has 23 heavy (non-hydrogen) atoms. The van der Waals surface area contributed by atoms with Crippen molar-refractivity contribution in [3.63, 3.8) is 0 Å². The summed E-state index contributed by atoms with van der Waals surface area (Å²) in [4.78, 5) is 0.269. The molecule has 0 fully saturated rings. The molecular weight excluding hydrogens is 330 g/mol. The smallest absolute Gasteiger partial charge is 0.240 e. The molecule has 1 unspecified atom stereocenters. The molecule has 126 valence electrons. The third-order valence-electron chi connectivity index (χ3n) is 3.69. The van der Waals surface area contributed by atoms with E-state index in [1.165, 1.54) is 0 Å². The van der Waals surface area contributed by atoms with E-state index in [0.717, 1.165) is 11.1 Å². The molecule has 1 aromatic heterocycles. The summed E-state index contributed by atoms with van der Waals surface area (Å²) in [6.45, 7) is 6.49. The molecular formula is C17H23NO3S2. The van der Waals surface area contributed by atoms with Gasteiger partial charge in [-0.05, 0) is 45.5 Å². The highest BCUT2D eigenvalue weighted by atomic mass is 32.2. The summed E-state index contributed by atoms with van der Waals surface area (Å²) in [5, 5.41) is 3.90. The Hall–Kier alpha value is -1.21. The van der Waals surface area contributed by atoms with E-state index in [9.17, 15) is 8.42 Å². The zero-order valence-corrected chi connectivity index (χ0v) is 15.5. The molecule has 0 radical (unpaired) electrons. The third kappa shape index (κ3) is 4.64. The zero-order chi connectivity index (χ0) is 17.1. The fraction of sp³-hybridized carbons (Fsp3) is 0.412. The molecule has 0 aliphatic heterocycles. The second-order valence-electron chi connectivity index (χ2n) is 6.41. The second kappa shape index (κ2) is 7.13. The average Bonchev–Trinajstić information content (AvgIpc) is 3.01. The lowest BCUT2D eigenvalue weighted by Gasteiger charge is -2.19. The SMILES string of the molecule is COC(CNS(=O)(=O)c1ccc(C(C)(C)C)cc1)c1ccsc1. The number of nitrogens with one attached hydrogen (secondary N) is 1. The maximum Gasteiger partial charge on any atom is 0.240 e. The predicted octanol–water partition coefficient (Wildman–Crippen LogP) is 3.71. The molecule has 0 saturated carbocycles. The van der Waals surface area contributed by atoms with Gasteiger partial charge < -0.3 is 4.74 Å². The van der Waals surface area contributed by atoms with Gasteiger partial charge >= 0.3 is 0 Å². The van der Waals surface area contributed by atoms with Crippen LogP contribution < -0.4 is 4.72 Å². The van der Waals surface area contributed by atoms with Gasteiger partial charge in [0.05, 0.1) is 11.0 Å². The Bertz CT molecular complexity index is 714. The lowest BCUT2D eigenvalue weighted by molar-refractivity contribution is 0.107. The normalized spacial score (nSPS) is 13.9. The molecule has 1 heterocycles. The molecule has 1 atom stereocenters. The quantitative estimate of drug-likeness (QED) is 0.861. The highest BCUT2D eigenvalue weighted by Crippen LogP contribution is 2.24. The molecule has 2 rings (SSSR count). The van der Waals surface area contributed by atoms with Crippen molar-refractivity contribution in [2.45, 2.75) is 37.2 Å². The first-order valence-electron chi connectivity index (χ1n) is 7.39. The van der Waals surface area contributed by atoms with Crippen LogP contribution in [0.1, 0.15) is 38.0 Å². The van der Waals surface area contributed by atoms with Crippen molar-refractivity contribution < 1.29 is 13.2 Å². The van der Waals surface area contributed by atoms with Crippen LogP contribution in [0.3, 0.4) is 0 Å². The van der Waals surface area contributed by atoms with Crippen LogP contribution in [0, 0.1) is 0 Å². The fourth-order valence-corrected chi connectivity index (χ4v) is 3.93. The number of thiophene rings is 1. The fourth-order valence-electron chi connectivity index (χ4n) is 2.20. The van der Waals surface area contributed by atoms with E-state index >= 15 is 0 Å². The lowest BCUT2D eigenvalue weighted by atomic mass is 9.87. The summed E-state index contributed by atoms with van der Waals surface area (Å²) in [6.07, 6.45) is -0.287. The Morgan fingerprint density at radius 3 is 2.30 bits per heavy atom. The molecule has 1 N–H and O–H groups in total. The Balaban J connectivity index is 2.09. The van der Waals surface area contributed by atoms with E-state index in [4.69, 9.17) is 4.74 Å². The van der Waals surface area contributed by atoms with Gasteiger partial charge in [0.15, 0.2) is 0 Å². The van der Waals surface area contributed by atoms with Crippen LogP contribution >= 0.6 is 11.3 Å². The Morgan fingerprint density at radius 1 is 1.17 bits per heavy atom. The van der Waals surface area contributed by atoms with Crippen molar-refractivity contribution in [1.29, 1.82) is 0 Å². The van der Waals surface area contributed by atoms with Crippen molar-refractivity contribution in [1.82, 2.24) is 4.72 Å². The standard InChI is InChI=1S/C17H23NO3S2/c1-17(2,3)14-5-7-15(8-6-14)23(19,20)18-11-16(21-4)13-9-10-22-12-13/h5-10,12,16,18H,11H2,1-4H3. The number of sulfonamides is 1. The van der Waals surface area contributed by atoms with Crippen LogP contribution in [-0.4, -0.2) is 22.1 Å². The third-order valence-corrected chi connectivity index (χ3v) is 5.83. The first-order valence-corrected chi connectivity index (χ1v) is 9.82. The van der Waals surface area contributed by atoms with Gasteiger partial charge in [-0.2, -0.15) is 11.3 Å². The van der Waals surface area contributed by atoms with Crippen molar-refractivity contribution >= 4 is 21.4 Å². The van der Waals surface area contributed by atoms with Gasteiger partial charge in [0.2, 0.25) is 10.0 Å². The minimum Gasteiger partial charge on any atom is -0.375 e. The van der Waals surface area contributed by atoms with E-state index in [-0.39, 0.29) is 23.0 Å². The highest BCUT2D eigenvalue weighted by Gasteiger charge is 2.19. The number of ether oxygens (including phenoxy) is 1. The Labute approximate surface area is 142 Å². The second-order valence-corrected chi connectivity index (χ2v) is 8.95. The average molecular weight is 354 g/mol. The Morgan fingerprint density at radius 2 is 1.83 bits per heavy atom. The number of rotatable bonds is 6. The number of methoxy groups -OCH3 is 1.